The third kappa shape index (κ3) is 1.84. The second-order valence-corrected chi connectivity index (χ2v) is 3.88. The van der Waals surface area contributed by atoms with Crippen LogP contribution in [0.5, 0.6) is 0 Å². The van der Waals surface area contributed by atoms with Gasteiger partial charge in [0.1, 0.15) is 0 Å². The minimum atomic E-state index is 0.830. The van der Waals surface area contributed by atoms with Gasteiger partial charge in [0, 0.05) is 6.54 Å². The van der Waals surface area contributed by atoms with E-state index in [1.807, 2.05) is 0 Å². The number of fused-ring (bicyclic) bond motifs is 5. The minimum absolute atomic E-state index is 0.830. The second kappa shape index (κ2) is 3.40. The zero-order valence-electron chi connectivity index (χ0n) is 7.05. The van der Waals surface area contributed by atoms with E-state index in [-0.39, 0.29) is 0 Å². The molecule has 1 heteroatoms. The van der Waals surface area contributed by atoms with Crippen molar-refractivity contribution in [1.29, 1.82) is 0 Å². The fourth-order valence-corrected chi connectivity index (χ4v) is 2.17. The molecule has 1 nitrogen and oxygen atoms in total. The van der Waals surface area contributed by atoms with Crippen molar-refractivity contribution in [3.8, 4) is 0 Å². The molecule has 62 valence electrons. The Bertz CT molecular complexity index is 141. The van der Waals surface area contributed by atoms with Crippen molar-refractivity contribution in [3.05, 3.63) is 12.2 Å². The molecule has 0 saturated carbocycles. The standard InChI is InChI=1S/C10H17N/c1-3-9-5-2-6-10(4-1)8-11-7-9/h1,3,9-11H,2,4-8H2/b3-1-. The normalized spacial score (nSPS) is 40.7. The maximum atomic E-state index is 3.54. The van der Waals surface area contributed by atoms with Crippen molar-refractivity contribution in [2.24, 2.45) is 11.8 Å². The van der Waals surface area contributed by atoms with E-state index in [0.29, 0.717) is 0 Å². The highest BCUT2D eigenvalue weighted by atomic mass is 14.9. The van der Waals surface area contributed by atoms with Crippen LogP contribution in [0.3, 0.4) is 0 Å². The molecule has 2 unspecified atom stereocenters. The highest BCUT2D eigenvalue weighted by molar-refractivity contribution is 4.95. The van der Waals surface area contributed by atoms with Gasteiger partial charge in [-0.05, 0) is 37.6 Å². The fraction of sp³-hybridized carbons (Fsp3) is 0.800. The van der Waals surface area contributed by atoms with Crippen LogP contribution in [0.4, 0.5) is 0 Å². The molecule has 0 amide bonds. The summed E-state index contributed by atoms with van der Waals surface area (Å²) in [5.74, 6) is 1.75. The largest absolute Gasteiger partial charge is 0.316 e. The topological polar surface area (TPSA) is 12.0 Å². The number of nitrogens with one attached hydrogen (secondary N) is 1. The molecule has 1 N–H and O–H groups in total. The van der Waals surface area contributed by atoms with Gasteiger partial charge in [0.15, 0.2) is 0 Å². The zero-order valence-corrected chi connectivity index (χ0v) is 7.05. The van der Waals surface area contributed by atoms with Gasteiger partial charge < -0.3 is 5.32 Å². The molecule has 0 radical (unpaired) electrons. The van der Waals surface area contributed by atoms with Crippen LogP contribution in [0.25, 0.3) is 0 Å². The molecule has 2 heterocycles. The van der Waals surface area contributed by atoms with E-state index in [2.05, 4.69) is 17.5 Å². The van der Waals surface area contributed by atoms with E-state index in [1.165, 1.54) is 38.8 Å². The van der Waals surface area contributed by atoms with Crippen LogP contribution in [-0.2, 0) is 0 Å². The molecule has 2 aliphatic heterocycles. The number of allylic oxidation sites excluding steroid dienone is 1. The second-order valence-electron chi connectivity index (χ2n) is 3.88. The molecule has 1 saturated heterocycles. The van der Waals surface area contributed by atoms with E-state index in [0.717, 1.165) is 11.8 Å². The lowest BCUT2D eigenvalue weighted by molar-refractivity contribution is 0.352. The molecule has 3 aliphatic rings. The predicted molar refractivity (Wildman–Crippen MR) is 47.5 cm³/mol. The Morgan fingerprint density at radius 1 is 1.18 bits per heavy atom. The van der Waals surface area contributed by atoms with Crippen molar-refractivity contribution in [2.45, 2.75) is 25.7 Å². The molecule has 2 bridgehead atoms. The summed E-state index contributed by atoms with van der Waals surface area (Å²) < 4.78 is 0. The van der Waals surface area contributed by atoms with Gasteiger partial charge in [-0.3, -0.25) is 0 Å². The average molecular weight is 151 g/mol. The Kier molecular flexibility index (Phi) is 2.27. The van der Waals surface area contributed by atoms with Crippen LogP contribution in [-0.4, -0.2) is 13.1 Å². The first-order chi connectivity index (χ1) is 5.45. The van der Waals surface area contributed by atoms with Gasteiger partial charge in [0.25, 0.3) is 0 Å². The van der Waals surface area contributed by atoms with Gasteiger partial charge in [-0.25, -0.2) is 0 Å². The first-order valence-corrected chi connectivity index (χ1v) is 4.82. The summed E-state index contributed by atoms with van der Waals surface area (Å²) in [7, 11) is 0. The highest BCUT2D eigenvalue weighted by Crippen LogP contribution is 2.22. The van der Waals surface area contributed by atoms with Crippen LogP contribution in [0, 0.1) is 11.8 Å². The maximum Gasteiger partial charge on any atom is 0.00143 e. The fourth-order valence-electron chi connectivity index (χ4n) is 2.17. The number of hydrogen-bond donors (Lipinski definition) is 1. The summed E-state index contributed by atoms with van der Waals surface area (Å²) in [6.45, 7) is 2.47. The van der Waals surface area contributed by atoms with Gasteiger partial charge in [0.2, 0.25) is 0 Å². The maximum absolute atomic E-state index is 3.54. The Balaban J connectivity index is 2.07. The molecule has 1 fully saturated rings. The van der Waals surface area contributed by atoms with Gasteiger partial charge >= 0.3 is 0 Å². The van der Waals surface area contributed by atoms with Crippen LogP contribution >= 0.6 is 0 Å². The molecular weight excluding hydrogens is 134 g/mol. The molecule has 0 spiro atoms. The summed E-state index contributed by atoms with van der Waals surface area (Å²) in [6, 6.07) is 0. The molecule has 0 aromatic rings. The smallest absolute Gasteiger partial charge is 0.00143 e. The van der Waals surface area contributed by atoms with Crippen LogP contribution in [0.15, 0.2) is 12.2 Å². The predicted octanol–water partition coefficient (Wildman–Crippen LogP) is 1.95. The Hall–Kier alpha value is -0.300. The minimum Gasteiger partial charge on any atom is -0.316 e. The van der Waals surface area contributed by atoms with Crippen LogP contribution < -0.4 is 5.32 Å². The zero-order chi connectivity index (χ0) is 7.52. The van der Waals surface area contributed by atoms with Gasteiger partial charge in [-0.1, -0.05) is 18.6 Å². The molecular formula is C10H17N. The quantitative estimate of drug-likeness (QED) is 0.522. The van der Waals surface area contributed by atoms with E-state index in [1.54, 1.807) is 0 Å². The van der Waals surface area contributed by atoms with Crippen molar-refractivity contribution < 1.29 is 0 Å². The van der Waals surface area contributed by atoms with E-state index in [9.17, 15) is 0 Å². The molecule has 2 atom stereocenters. The summed E-state index contributed by atoms with van der Waals surface area (Å²) in [5, 5.41) is 3.54. The van der Waals surface area contributed by atoms with Crippen molar-refractivity contribution >= 4 is 0 Å². The van der Waals surface area contributed by atoms with Gasteiger partial charge in [-0.2, -0.15) is 0 Å². The lowest BCUT2D eigenvalue weighted by Gasteiger charge is -2.26. The monoisotopic (exact) mass is 151 g/mol. The Morgan fingerprint density at radius 3 is 3.18 bits per heavy atom. The first-order valence-electron chi connectivity index (χ1n) is 4.82. The van der Waals surface area contributed by atoms with E-state index < -0.39 is 0 Å². The lowest BCUT2D eigenvalue weighted by atomic mass is 9.88. The van der Waals surface area contributed by atoms with Crippen LogP contribution in [0.2, 0.25) is 0 Å². The van der Waals surface area contributed by atoms with Crippen molar-refractivity contribution in [2.75, 3.05) is 13.1 Å². The lowest BCUT2D eigenvalue weighted by Crippen LogP contribution is -2.31. The van der Waals surface area contributed by atoms with Crippen molar-refractivity contribution in [3.63, 3.8) is 0 Å². The molecule has 3 rings (SSSR count). The molecule has 1 aliphatic carbocycles. The number of rotatable bonds is 0. The Morgan fingerprint density at radius 2 is 2.18 bits per heavy atom. The van der Waals surface area contributed by atoms with Gasteiger partial charge in [0.05, 0.1) is 0 Å². The average Bonchev–Trinajstić information content (AvgIpc) is 1.80. The third-order valence-electron chi connectivity index (χ3n) is 2.90. The SMILES string of the molecule is C1=C\C2CCCC(C/1)CNC2. The summed E-state index contributed by atoms with van der Waals surface area (Å²) in [4.78, 5) is 0. The van der Waals surface area contributed by atoms with E-state index in [4.69, 9.17) is 0 Å². The molecule has 11 heavy (non-hydrogen) atoms. The highest BCUT2D eigenvalue weighted by Gasteiger charge is 2.16. The molecule has 0 aromatic carbocycles. The third-order valence-corrected chi connectivity index (χ3v) is 2.90. The van der Waals surface area contributed by atoms with Crippen molar-refractivity contribution in [1.82, 2.24) is 5.32 Å². The summed E-state index contributed by atoms with van der Waals surface area (Å²) >= 11 is 0. The number of hydrogen-bond acceptors (Lipinski definition) is 1. The summed E-state index contributed by atoms with van der Waals surface area (Å²) in [6.07, 6.45) is 10.4. The summed E-state index contributed by atoms with van der Waals surface area (Å²) in [5.41, 5.74) is 0. The van der Waals surface area contributed by atoms with Gasteiger partial charge in [-0.15, -0.1) is 0 Å². The Labute approximate surface area is 68.9 Å². The first kappa shape index (κ1) is 7.35. The van der Waals surface area contributed by atoms with Crippen LogP contribution in [0.1, 0.15) is 25.7 Å². The van der Waals surface area contributed by atoms with E-state index >= 15 is 0 Å². The molecule has 0 aromatic heterocycles.